The van der Waals surface area contributed by atoms with E-state index in [0.29, 0.717) is 0 Å². The van der Waals surface area contributed by atoms with Crippen molar-refractivity contribution in [2.75, 3.05) is 5.32 Å². The van der Waals surface area contributed by atoms with E-state index >= 15 is 0 Å². The number of carbonyl (C=O) groups is 1. The summed E-state index contributed by atoms with van der Waals surface area (Å²) < 4.78 is 51.8. The van der Waals surface area contributed by atoms with Crippen LogP contribution in [-0.2, 0) is 4.79 Å². The molecule has 2 rings (SSSR count). The van der Waals surface area contributed by atoms with Gasteiger partial charge in [-0.2, -0.15) is 13.2 Å². The molecule has 1 aromatic rings. The molecule has 0 radical (unpaired) electrons. The van der Waals surface area contributed by atoms with Crippen LogP contribution in [0.2, 0.25) is 0 Å². The largest absolute Gasteiger partial charge is 0.480 e. The van der Waals surface area contributed by atoms with Crippen molar-refractivity contribution in [3.63, 3.8) is 0 Å². The molecule has 0 saturated heterocycles. The molecule has 7 heteroatoms. The zero-order valence-electron chi connectivity index (χ0n) is 11.1. The minimum absolute atomic E-state index is 0.0748. The molecule has 0 spiro atoms. The van der Waals surface area contributed by atoms with Crippen molar-refractivity contribution >= 4 is 11.7 Å². The zero-order valence-corrected chi connectivity index (χ0v) is 11.1. The number of anilines is 1. The Morgan fingerprint density at radius 2 is 2.10 bits per heavy atom. The fraction of sp³-hybridized carbons (Fsp3) is 0.500. The van der Waals surface area contributed by atoms with Crippen molar-refractivity contribution in [2.24, 2.45) is 5.92 Å². The molecule has 2 unspecified atom stereocenters. The van der Waals surface area contributed by atoms with Gasteiger partial charge in [-0.15, -0.1) is 0 Å². The molecule has 0 aromatic heterocycles. The van der Waals surface area contributed by atoms with E-state index in [4.69, 9.17) is 0 Å². The van der Waals surface area contributed by atoms with Crippen molar-refractivity contribution in [1.29, 1.82) is 0 Å². The number of nitrogens with one attached hydrogen (secondary N) is 1. The number of carboxylic acid groups (broad SMARTS) is 1. The lowest BCUT2D eigenvalue weighted by Gasteiger charge is -2.39. The molecular weight excluding hydrogens is 290 g/mol. The molecule has 1 aliphatic rings. The summed E-state index contributed by atoms with van der Waals surface area (Å²) in [7, 11) is 0. The maximum atomic E-state index is 13.1. The molecule has 0 bridgehead atoms. The van der Waals surface area contributed by atoms with Crippen molar-refractivity contribution in [1.82, 2.24) is 0 Å². The Labute approximate surface area is 119 Å². The predicted molar refractivity (Wildman–Crippen MR) is 68.4 cm³/mol. The summed E-state index contributed by atoms with van der Waals surface area (Å²) in [6.45, 7) is 0. The first-order valence-electron chi connectivity index (χ1n) is 6.57. The van der Waals surface area contributed by atoms with Crippen molar-refractivity contribution in [3.8, 4) is 0 Å². The second kappa shape index (κ2) is 5.54. The Bertz CT molecular complexity index is 532. The maximum absolute atomic E-state index is 13.1. The third-order valence-corrected chi connectivity index (χ3v) is 3.83. The lowest BCUT2D eigenvalue weighted by Crippen LogP contribution is -2.52. The van der Waals surface area contributed by atoms with Gasteiger partial charge >= 0.3 is 12.1 Å². The van der Waals surface area contributed by atoms with Gasteiger partial charge in [0.25, 0.3) is 0 Å². The van der Waals surface area contributed by atoms with Crippen LogP contribution in [0.15, 0.2) is 24.3 Å². The molecule has 2 atom stereocenters. The number of rotatable bonds is 3. The third kappa shape index (κ3) is 3.46. The minimum Gasteiger partial charge on any atom is -0.480 e. The summed E-state index contributed by atoms with van der Waals surface area (Å²) in [5, 5.41) is 12.0. The van der Waals surface area contributed by atoms with Crippen LogP contribution in [0.4, 0.5) is 23.2 Å². The van der Waals surface area contributed by atoms with E-state index in [1.807, 2.05) is 0 Å². The summed E-state index contributed by atoms with van der Waals surface area (Å²) >= 11 is 0. The molecule has 1 fully saturated rings. The van der Waals surface area contributed by atoms with Crippen LogP contribution in [-0.4, -0.2) is 22.8 Å². The van der Waals surface area contributed by atoms with Crippen molar-refractivity contribution < 1.29 is 27.5 Å². The number of halogens is 4. The molecule has 1 saturated carbocycles. The number of hydrogen-bond donors (Lipinski definition) is 2. The molecule has 116 valence electrons. The first-order chi connectivity index (χ1) is 9.73. The van der Waals surface area contributed by atoms with Crippen LogP contribution in [0.25, 0.3) is 0 Å². The van der Waals surface area contributed by atoms with Crippen LogP contribution in [0.5, 0.6) is 0 Å². The van der Waals surface area contributed by atoms with Gasteiger partial charge in [-0.25, -0.2) is 9.18 Å². The van der Waals surface area contributed by atoms with E-state index in [9.17, 15) is 27.5 Å². The second-order valence-corrected chi connectivity index (χ2v) is 5.36. The normalized spacial score (nSPS) is 26.4. The van der Waals surface area contributed by atoms with Gasteiger partial charge < -0.3 is 10.4 Å². The van der Waals surface area contributed by atoms with Gasteiger partial charge in [0.2, 0.25) is 0 Å². The van der Waals surface area contributed by atoms with Gasteiger partial charge in [0.05, 0.1) is 5.92 Å². The highest BCUT2D eigenvalue weighted by molar-refractivity contribution is 5.83. The van der Waals surface area contributed by atoms with E-state index in [0.717, 1.165) is 6.07 Å². The number of benzene rings is 1. The SMILES string of the molecule is O=C(O)C1(Nc2cccc(F)c2)CCCC(C(F)(F)F)C1. The Kier molecular flexibility index (Phi) is 4.11. The highest BCUT2D eigenvalue weighted by Crippen LogP contribution is 2.43. The first-order valence-corrected chi connectivity index (χ1v) is 6.57. The van der Waals surface area contributed by atoms with Gasteiger partial charge in [-0.3, -0.25) is 0 Å². The zero-order chi connectivity index (χ0) is 15.7. The Morgan fingerprint density at radius 1 is 1.38 bits per heavy atom. The molecule has 3 nitrogen and oxygen atoms in total. The van der Waals surface area contributed by atoms with E-state index in [1.54, 1.807) is 0 Å². The highest BCUT2D eigenvalue weighted by Gasteiger charge is 2.51. The van der Waals surface area contributed by atoms with Crippen LogP contribution >= 0.6 is 0 Å². The van der Waals surface area contributed by atoms with Crippen LogP contribution in [0, 0.1) is 11.7 Å². The lowest BCUT2D eigenvalue weighted by atomic mass is 9.75. The Hall–Kier alpha value is -1.79. The number of carboxylic acids is 1. The standard InChI is InChI=1S/C14H15F4NO2/c15-10-4-1-5-11(7-10)19-13(12(20)21)6-2-3-9(8-13)14(16,17)18/h1,4-5,7,9,19H,2-3,6,8H2,(H,20,21). The second-order valence-electron chi connectivity index (χ2n) is 5.36. The molecule has 0 aliphatic heterocycles. The van der Waals surface area contributed by atoms with E-state index in [2.05, 4.69) is 5.32 Å². The fourth-order valence-electron chi connectivity index (χ4n) is 2.76. The van der Waals surface area contributed by atoms with Crippen LogP contribution in [0.3, 0.4) is 0 Å². The minimum atomic E-state index is -4.43. The molecule has 1 aromatic carbocycles. The van der Waals surface area contributed by atoms with Gasteiger partial charge in [-0.1, -0.05) is 6.07 Å². The Balaban J connectivity index is 2.26. The van der Waals surface area contributed by atoms with Gasteiger partial charge in [-0.05, 0) is 43.9 Å². The van der Waals surface area contributed by atoms with Gasteiger partial charge in [0, 0.05) is 5.69 Å². The average Bonchev–Trinajstić information content (AvgIpc) is 2.37. The van der Waals surface area contributed by atoms with Gasteiger partial charge in [0.1, 0.15) is 11.4 Å². The van der Waals surface area contributed by atoms with Crippen LogP contribution < -0.4 is 5.32 Å². The molecule has 21 heavy (non-hydrogen) atoms. The maximum Gasteiger partial charge on any atom is 0.391 e. The van der Waals surface area contributed by atoms with E-state index in [1.165, 1.54) is 18.2 Å². The summed E-state index contributed by atoms with van der Waals surface area (Å²) in [6, 6.07) is 5.06. The Morgan fingerprint density at radius 3 is 2.67 bits per heavy atom. The molecular formula is C14H15F4NO2. The number of hydrogen-bond acceptors (Lipinski definition) is 2. The van der Waals surface area contributed by atoms with E-state index in [-0.39, 0.29) is 24.9 Å². The third-order valence-electron chi connectivity index (χ3n) is 3.83. The number of aliphatic carboxylic acids is 1. The smallest absolute Gasteiger partial charge is 0.391 e. The quantitative estimate of drug-likeness (QED) is 0.835. The van der Waals surface area contributed by atoms with Crippen molar-refractivity contribution in [2.45, 2.75) is 37.4 Å². The molecule has 0 amide bonds. The van der Waals surface area contributed by atoms with E-state index < -0.39 is 35.8 Å². The topological polar surface area (TPSA) is 49.3 Å². The molecule has 2 N–H and O–H groups in total. The predicted octanol–water partition coefficient (Wildman–Crippen LogP) is 3.81. The fourth-order valence-corrected chi connectivity index (χ4v) is 2.76. The first kappa shape index (κ1) is 15.6. The summed E-state index contributed by atoms with van der Waals surface area (Å²) in [4.78, 5) is 11.5. The van der Waals surface area contributed by atoms with Crippen LogP contribution in [0.1, 0.15) is 25.7 Å². The average molecular weight is 305 g/mol. The summed E-state index contributed by atoms with van der Waals surface area (Å²) in [5.74, 6) is -3.59. The highest BCUT2D eigenvalue weighted by atomic mass is 19.4. The number of alkyl halides is 3. The summed E-state index contributed by atoms with van der Waals surface area (Å²) in [6.07, 6.45) is -4.83. The molecule has 1 aliphatic carbocycles. The van der Waals surface area contributed by atoms with Crippen molar-refractivity contribution in [3.05, 3.63) is 30.1 Å². The summed E-state index contributed by atoms with van der Waals surface area (Å²) in [5.41, 5.74) is -1.55. The molecule has 0 heterocycles. The van der Waals surface area contributed by atoms with Gasteiger partial charge in [0.15, 0.2) is 0 Å². The lowest BCUT2D eigenvalue weighted by molar-refractivity contribution is -0.188. The monoisotopic (exact) mass is 305 g/mol.